The van der Waals surface area contributed by atoms with Gasteiger partial charge in [-0.05, 0) is 13.8 Å². The van der Waals surface area contributed by atoms with E-state index in [0.29, 0.717) is 12.6 Å². The Kier molecular flexibility index (Phi) is 6.84. The molecule has 0 radical (unpaired) electrons. The van der Waals surface area contributed by atoms with Crippen molar-refractivity contribution in [3.8, 4) is 0 Å². The zero-order valence-corrected chi connectivity index (χ0v) is 9.63. The third kappa shape index (κ3) is 4.87. The fourth-order valence-electron chi connectivity index (χ4n) is 0.887. The van der Waals surface area contributed by atoms with E-state index in [1.807, 2.05) is 33.8 Å². The molecule has 0 aliphatic rings. The van der Waals surface area contributed by atoms with Gasteiger partial charge in [-0.1, -0.05) is 19.0 Å². The number of anilines is 1. The van der Waals surface area contributed by atoms with E-state index in [4.69, 9.17) is 9.26 Å². The van der Waals surface area contributed by atoms with Crippen molar-refractivity contribution >= 4 is 5.82 Å². The normalized spacial score (nSPS) is 9.57. The van der Waals surface area contributed by atoms with Crippen LogP contribution in [0.15, 0.2) is 10.6 Å². The summed E-state index contributed by atoms with van der Waals surface area (Å²) in [5.74, 6) is 1.50. The molecule has 0 spiro atoms. The van der Waals surface area contributed by atoms with Crippen LogP contribution in [0.3, 0.4) is 0 Å². The third-order valence-corrected chi connectivity index (χ3v) is 1.28. The molecule has 0 unspecified atom stereocenters. The lowest BCUT2D eigenvalue weighted by Crippen LogP contribution is -2.09. The van der Waals surface area contributed by atoms with Gasteiger partial charge in [0.2, 0.25) is 0 Å². The molecule has 1 N–H and O–H groups in total. The predicted octanol–water partition coefficient (Wildman–Crippen LogP) is 2.67. The second kappa shape index (κ2) is 7.38. The lowest BCUT2D eigenvalue weighted by molar-refractivity contribution is 0.156. The summed E-state index contributed by atoms with van der Waals surface area (Å²) in [7, 11) is 1.62. The van der Waals surface area contributed by atoms with Crippen LogP contribution in [0.5, 0.6) is 0 Å². The Labute approximate surface area is 85.6 Å². The number of hydrogen-bond acceptors (Lipinski definition) is 4. The zero-order chi connectivity index (χ0) is 11.0. The van der Waals surface area contributed by atoms with Gasteiger partial charge in [0.1, 0.15) is 6.61 Å². The minimum atomic E-state index is 0.366. The number of ether oxygens (including phenoxy) is 1. The van der Waals surface area contributed by atoms with Gasteiger partial charge in [-0.3, -0.25) is 0 Å². The first-order valence-corrected chi connectivity index (χ1v) is 4.93. The van der Waals surface area contributed by atoms with E-state index in [9.17, 15) is 0 Å². The first-order valence-electron chi connectivity index (χ1n) is 4.93. The molecule has 0 aliphatic carbocycles. The van der Waals surface area contributed by atoms with E-state index in [2.05, 4.69) is 10.5 Å². The summed E-state index contributed by atoms with van der Waals surface area (Å²) in [6.45, 7) is 8.56. The van der Waals surface area contributed by atoms with Crippen molar-refractivity contribution in [2.24, 2.45) is 0 Å². The number of hydrogen-bond donors (Lipinski definition) is 1. The maximum absolute atomic E-state index is 4.97. The highest BCUT2D eigenvalue weighted by molar-refractivity contribution is 5.34. The summed E-state index contributed by atoms with van der Waals surface area (Å²) in [5, 5.41) is 6.93. The standard InChI is InChI=1S/C8H14N2O2.C2H6/c1-6(2)9-8-4-7(5-11-3)12-10-8;1-2/h4,6H,5H2,1-3H3,(H,9,10);1-2H3. The van der Waals surface area contributed by atoms with Crippen LogP contribution in [0.25, 0.3) is 0 Å². The average molecular weight is 200 g/mol. The molecule has 0 fully saturated rings. The molecule has 1 rings (SSSR count). The summed E-state index contributed by atoms with van der Waals surface area (Å²) in [4.78, 5) is 0. The average Bonchev–Trinajstić information content (AvgIpc) is 2.56. The molecular formula is C10H20N2O2. The highest BCUT2D eigenvalue weighted by Gasteiger charge is 2.03. The summed E-state index contributed by atoms with van der Waals surface area (Å²) in [6, 6.07) is 2.20. The van der Waals surface area contributed by atoms with Gasteiger partial charge >= 0.3 is 0 Å². The molecule has 1 heterocycles. The van der Waals surface area contributed by atoms with Gasteiger partial charge in [0.15, 0.2) is 11.6 Å². The molecule has 0 atom stereocenters. The Morgan fingerprint density at radius 3 is 2.64 bits per heavy atom. The van der Waals surface area contributed by atoms with E-state index in [0.717, 1.165) is 11.6 Å². The van der Waals surface area contributed by atoms with Crippen molar-refractivity contribution < 1.29 is 9.26 Å². The van der Waals surface area contributed by atoms with E-state index in [1.54, 1.807) is 7.11 Å². The number of rotatable bonds is 4. The first kappa shape index (κ1) is 13.0. The quantitative estimate of drug-likeness (QED) is 0.811. The lowest BCUT2D eigenvalue weighted by Gasteiger charge is -2.03. The number of methoxy groups -OCH3 is 1. The molecule has 0 amide bonds. The van der Waals surface area contributed by atoms with Gasteiger partial charge < -0.3 is 14.6 Å². The van der Waals surface area contributed by atoms with Gasteiger partial charge in [-0.15, -0.1) is 0 Å². The fraction of sp³-hybridized carbons (Fsp3) is 0.700. The van der Waals surface area contributed by atoms with Crippen LogP contribution in [0.2, 0.25) is 0 Å². The van der Waals surface area contributed by atoms with E-state index in [1.165, 1.54) is 0 Å². The van der Waals surface area contributed by atoms with Crippen LogP contribution in [-0.2, 0) is 11.3 Å². The highest BCUT2D eigenvalue weighted by Crippen LogP contribution is 2.10. The number of aromatic nitrogens is 1. The summed E-state index contributed by atoms with van der Waals surface area (Å²) in [6.07, 6.45) is 0. The van der Waals surface area contributed by atoms with Crippen molar-refractivity contribution in [1.82, 2.24) is 5.16 Å². The predicted molar refractivity (Wildman–Crippen MR) is 57.3 cm³/mol. The van der Waals surface area contributed by atoms with Gasteiger partial charge in [0, 0.05) is 19.2 Å². The molecule has 0 bridgehead atoms. The van der Waals surface area contributed by atoms with Crippen molar-refractivity contribution in [3.63, 3.8) is 0 Å². The van der Waals surface area contributed by atoms with Gasteiger partial charge in [-0.25, -0.2) is 0 Å². The van der Waals surface area contributed by atoms with E-state index < -0.39 is 0 Å². The monoisotopic (exact) mass is 200 g/mol. The molecule has 1 aromatic heterocycles. The molecule has 82 valence electrons. The highest BCUT2D eigenvalue weighted by atomic mass is 16.5. The molecule has 0 saturated heterocycles. The first-order chi connectivity index (χ1) is 6.72. The smallest absolute Gasteiger partial charge is 0.169 e. The minimum absolute atomic E-state index is 0.366. The van der Waals surface area contributed by atoms with Gasteiger partial charge in [-0.2, -0.15) is 0 Å². The minimum Gasteiger partial charge on any atom is -0.377 e. The molecule has 14 heavy (non-hydrogen) atoms. The summed E-state index contributed by atoms with van der Waals surface area (Å²) >= 11 is 0. The van der Waals surface area contributed by atoms with Crippen molar-refractivity contribution in [2.75, 3.05) is 12.4 Å². The summed E-state index contributed by atoms with van der Waals surface area (Å²) < 4.78 is 9.85. The fourth-order valence-corrected chi connectivity index (χ4v) is 0.887. The van der Waals surface area contributed by atoms with Crippen LogP contribution < -0.4 is 5.32 Å². The Balaban J connectivity index is 0.000000791. The van der Waals surface area contributed by atoms with Crippen LogP contribution >= 0.6 is 0 Å². The van der Waals surface area contributed by atoms with E-state index in [-0.39, 0.29) is 0 Å². The van der Waals surface area contributed by atoms with Gasteiger partial charge in [0.25, 0.3) is 0 Å². The van der Waals surface area contributed by atoms with Crippen molar-refractivity contribution in [1.29, 1.82) is 0 Å². The molecule has 0 aromatic carbocycles. The van der Waals surface area contributed by atoms with Crippen LogP contribution in [0.1, 0.15) is 33.5 Å². The summed E-state index contributed by atoms with van der Waals surface area (Å²) in [5.41, 5.74) is 0. The third-order valence-electron chi connectivity index (χ3n) is 1.28. The Morgan fingerprint density at radius 1 is 1.50 bits per heavy atom. The molecule has 0 aliphatic heterocycles. The second-order valence-electron chi connectivity index (χ2n) is 2.91. The molecule has 4 nitrogen and oxygen atoms in total. The molecule has 0 saturated carbocycles. The number of nitrogens with one attached hydrogen (secondary N) is 1. The molecule has 1 aromatic rings. The SMILES string of the molecule is CC.COCc1cc(NC(C)C)no1. The van der Waals surface area contributed by atoms with Gasteiger partial charge in [0.05, 0.1) is 0 Å². The molecule has 4 heteroatoms. The van der Waals surface area contributed by atoms with Crippen LogP contribution in [0, 0.1) is 0 Å². The Hall–Kier alpha value is -1.03. The zero-order valence-electron chi connectivity index (χ0n) is 9.63. The van der Waals surface area contributed by atoms with Crippen molar-refractivity contribution in [2.45, 2.75) is 40.3 Å². The Bertz CT molecular complexity index is 234. The number of nitrogens with zero attached hydrogens (tertiary/aromatic N) is 1. The maximum Gasteiger partial charge on any atom is 0.169 e. The van der Waals surface area contributed by atoms with Crippen LogP contribution in [-0.4, -0.2) is 18.3 Å². The van der Waals surface area contributed by atoms with E-state index >= 15 is 0 Å². The molecular weight excluding hydrogens is 180 g/mol. The maximum atomic E-state index is 4.97. The second-order valence-corrected chi connectivity index (χ2v) is 2.91. The lowest BCUT2D eigenvalue weighted by atomic mass is 10.4. The largest absolute Gasteiger partial charge is 0.377 e. The van der Waals surface area contributed by atoms with Crippen molar-refractivity contribution in [3.05, 3.63) is 11.8 Å². The Morgan fingerprint density at radius 2 is 2.14 bits per heavy atom. The van der Waals surface area contributed by atoms with Crippen LogP contribution in [0.4, 0.5) is 5.82 Å². The topological polar surface area (TPSA) is 47.3 Å².